The summed E-state index contributed by atoms with van der Waals surface area (Å²) < 4.78 is 12.2. The van der Waals surface area contributed by atoms with Crippen molar-refractivity contribution in [3.05, 3.63) is 0 Å². The van der Waals surface area contributed by atoms with Gasteiger partial charge in [-0.05, 0) is 18.8 Å². The van der Waals surface area contributed by atoms with Crippen molar-refractivity contribution in [3.63, 3.8) is 0 Å². The van der Waals surface area contributed by atoms with E-state index in [0.717, 1.165) is 12.8 Å². The van der Waals surface area contributed by atoms with E-state index in [4.69, 9.17) is 5.73 Å². The Bertz CT molecular complexity index is 155. The molecule has 1 saturated heterocycles. The summed E-state index contributed by atoms with van der Waals surface area (Å²) in [4.78, 5) is 12.8. The van der Waals surface area contributed by atoms with E-state index in [0.29, 0.717) is 13.1 Å². The molecule has 0 radical (unpaired) electrons. The van der Waals surface area contributed by atoms with E-state index in [2.05, 4.69) is 0 Å². The molecule has 12 heavy (non-hydrogen) atoms. The number of carbonyl (C=O) groups is 1. The van der Waals surface area contributed by atoms with Gasteiger partial charge in [-0.1, -0.05) is 0 Å². The molecule has 3 nitrogen and oxygen atoms in total. The molecule has 0 aromatic rings. The maximum atomic E-state index is 12.2. The Kier molecular flexibility index (Phi) is 3.47. The summed E-state index contributed by atoms with van der Waals surface area (Å²) in [5, 5.41) is 0. The molecule has 1 aliphatic heterocycles. The summed E-state index contributed by atoms with van der Waals surface area (Å²) >= 11 is 0. The molecule has 1 aliphatic rings. The molecule has 0 saturated carbocycles. The number of nitrogens with two attached hydrogens (primary N) is 1. The van der Waals surface area contributed by atoms with Crippen molar-refractivity contribution in [2.75, 3.05) is 26.3 Å². The molecule has 4 heteroatoms. The average Bonchev–Trinajstić information content (AvgIpc) is 2.17. The highest BCUT2D eigenvalue weighted by atomic mass is 19.1. The Morgan fingerprint density at radius 2 is 2.08 bits per heavy atom. The molecule has 0 atom stereocenters. The molecule has 0 bridgehead atoms. The zero-order chi connectivity index (χ0) is 8.97. The van der Waals surface area contributed by atoms with Crippen LogP contribution in [-0.4, -0.2) is 37.1 Å². The van der Waals surface area contributed by atoms with Crippen LogP contribution in [0.5, 0.6) is 0 Å². The van der Waals surface area contributed by atoms with Gasteiger partial charge in [0.15, 0.2) is 0 Å². The maximum absolute atomic E-state index is 12.2. The molecular weight excluding hydrogens is 159 g/mol. The fourth-order valence-electron chi connectivity index (χ4n) is 1.47. The van der Waals surface area contributed by atoms with Gasteiger partial charge in [-0.25, -0.2) is 0 Å². The Morgan fingerprint density at radius 1 is 1.50 bits per heavy atom. The second-order valence-corrected chi connectivity index (χ2v) is 3.18. The number of alkyl halides is 1. The van der Waals surface area contributed by atoms with Crippen molar-refractivity contribution in [2.45, 2.75) is 12.8 Å². The van der Waals surface area contributed by atoms with E-state index in [1.165, 1.54) is 0 Å². The lowest BCUT2D eigenvalue weighted by atomic mass is 9.98. The summed E-state index contributed by atoms with van der Waals surface area (Å²) in [6.07, 6.45) is 1.56. The molecule has 2 N–H and O–H groups in total. The third-order valence-corrected chi connectivity index (χ3v) is 2.36. The summed E-state index contributed by atoms with van der Waals surface area (Å²) in [7, 11) is 0. The fraction of sp³-hybridized carbons (Fsp3) is 0.875. The Balaban J connectivity index is 2.30. The van der Waals surface area contributed by atoms with Gasteiger partial charge in [0.05, 0.1) is 13.2 Å². The second-order valence-electron chi connectivity index (χ2n) is 3.18. The molecule has 1 amide bonds. The summed E-state index contributed by atoms with van der Waals surface area (Å²) in [5.74, 6) is 0.138. The van der Waals surface area contributed by atoms with E-state index in [-0.39, 0.29) is 25.0 Å². The molecule has 0 unspecified atom stereocenters. The fourth-order valence-corrected chi connectivity index (χ4v) is 1.47. The highest BCUT2D eigenvalue weighted by molar-refractivity contribution is 5.78. The smallest absolute Gasteiger partial charge is 0.236 e. The van der Waals surface area contributed by atoms with Crippen LogP contribution in [0.3, 0.4) is 0 Å². The largest absolute Gasteiger partial charge is 0.342 e. The molecule has 1 fully saturated rings. The zero-order valence-corrected chi connectivity index (χ0v) is 7.13. The Hall–Kier alpha value is -0.640. The third-order valence-electron chi connectivity index (χ3n) is 2.36. The molecule has 0 aromatic heterocycles. The minimum absolute atomic E-state index is 0.0210. The van der Waals surface area contributed by atoms with E-state index < -0.39 is 0 Å². The minimum atomic E-state index is -0.259. The van der Waals surface area contributed by atoms with Crippen LogP contribution in [0, 0.1) is 5.92 Å². The first-order chi connectivity index (χ1) is 5.77. The molecule has 0 spiro atoms. The lowest BCUT2D eigenvalue weighted by Crippen LogP contribution is -2.41. The van der Waals surface area contributed by atoms with Crippen LogP contribution >= 0.6 is 0 Å². The number of likely N-dealkylation sites (tertiary alicyclic amines) is 1. The summed E-state index contributed by atoms with van der Waals surface area (Å²) in [6, 6.07) is 0. The molecule has 1 rings (SSSR count). The highest BCUT2D eigenvalue weighted by Crippen LogP contribution is 2.16. The quantitative estimate of drug-likeness (QED) is 0.648. The van der Waals surface area contributed by atoms with Crippen LogP contribution in [0.2, 0.25) is 0 Å². The summed E-state index contributed by atoms with van der Waals surface area (Å²) in [5.41, 5.74) is 5.20. The van der Waals surface area contributed by atoms with E-state index in [1.807, 2.05) is 0 Å². The van der Waals surface area contributed by atoms with Crippen LogP contribution in [0.25, 0.3) is 0 Å². The molecule has 70 valence electrons. The second kappa shape index (κ2) is 4.40. The SMILES string of the molecule is NCC(=O)N1CCC(CF)CC1. The number of amides is 1. The number of nitrogens with zero attached hydrogens (tertiary/aromatic N) is 1. The first-order valence-corrected chi connectivity index (χ1v) is 4.31. The Labute approximate surface area is 71.7 Å². The van der Waals surface area contributed by atoms with Crippen molar-refractivity contribution >= 4 is 5.91 Å². The van der Waals surface area contributed by atoms with Gasteiger partial charge < -0.3 is 10.6 Å². The van der Waals surface area contributed by atoms with Crippen molar-refractivity contribution < 1.29 is 9.18 Å². The monoisotopic (exact) mass is 174 g/mol. The van der Waals surface area contributed by atoms with Crippen LogP contribution in [0.1, 0.15) is 12.8 Å². The number of piperidine rings is 1. The lowest BCUT2D eigenvalue weighted by Gasteiger charge is -2.30. The Morgan fingerprint density at radius 3 is 2.50 bits per heavy atom. The van der Waals surface area contributed by atoms with Gasteiger partial charge in [0, 0.05) is 13.1 Å². The summed E-state index contributed by atoms with van der Waals surface area (Å²) in [6.45, 7) is 1.15. The van der Waals surface area contributed by atoms with Crippen molar-refractivity contribution in [3.8, 4) is 0 Å². The van der Waals surface area contributed by atoms with Gasteiger partial charge in [0.25, 0.3) is 0 Å². The number of rotatable bonds is 2. The van der Waals surface area contributed by atoms with E-state index in [9.17, 15) is 9.18 Å². The van der Waals surface area contributed by atoms with Gasteiger partial charge in [0.2, 0.25) is 5.91 Å². The number of hydrogen-bond acceptors (Lipinski definition) is 2. The molecule has 0 aromatic carbocycles. The predicted octanol–water partition coefficient (Wildman–Crippen LogP) is 0.153. The van der Waals surface area contributed by atoms with Crippen LogP contribution in [-0.2, 0) is 4.79 Å². The molecular formula is C8H15FN2O. The normalized spacial score (nSPS) is 19.7. The standard InChI is InChI=1S/C8H15FN2O/c9-5-7-1-3-11(4-2-7)8(12)6-10/h7H,1-6,10H2. The van der Waals surface area contributed by atoms with Gasteiger partial charge in [-0.2, -0.15) is 0 Å². The van der Waals surface area contributed by atoms with E-state index in [1.54, 1.807) is 4.90 Å². The predicted molar refractivity (Wildman–Crippen MR) is 44.3 cm³/mol. The third kappa shape index (κ3) is 2.17. The maximum Gasteiger partial charge on any atom is 0.236 e. The van der Waals surface area contributed by atoms with Crippen molar-refractivity contribution in [1.29, 1.82) is 0 Å². The number of halogens is 1. The van der Waals surface area contributed by atoms with Crippen molar-refractivity contribution in [2.24, 2.45) is 11.7 Å². The molecule has 0 aliphatic carbocycles. The zero-order valence-electron chi connectivity index (χ0n) is 7.13. The van der Waals surface area contributed by atoms with Gasteiger partial charge in [-0.3, -0.25) is 9.18 Å². The van der Waals surface area contributed by atoms with Crippen LogP contribution < -0.4 is 5.73 Å². The van der Waals surface area contributed by atoms with Gasteiger partial charge in [0.1, 0.15) is 0 Å². The van der Waals surface area contributed by atoms with Crippen molar-refractivity contribution in [1.82, 2.24) is 4.90 Å². The first-order valence-electron chi connectivity index (χ1n) is 4.31. The topological polar surface area (TPSA) is 46.3 Å². The van der Waals surface area contributed by atoms with E-state index >= 15 is 0 Å². The number of hydrogen-bond donors (Lipinski definition) is 1. The molecule has 1 heterocycles. The van der Waals surface area contributed by atoms with Crippen LogP contribution in [0.15, 0.2) is 0 Å². The van der Waals surface area contributed by atoms with Crippen LogP contribution in [0.4, 0.5) is 4.39 Å². The first kappa shape index (κ1) is 9.45. The van der Waals surface area contributed by atoms with Gasteiger partial charge >= 0.3 is 0 Å². The average molecular weight is 174 g/mol. The minimum Gasteiger partial charge on any atom is -0.342 e. The highest BCUT2D eigenvalue weighted by Gasteiger charge is 2.21. The number of carbonyl (C=O) groups excluding carboxylic acids is 1. The van der Waals surface area contributed by atoms with Gasteiger partial charge in [-0.15, -0.1) is 0 Å². The lowest BCUT2D eigenvalue weighted by molar-refractivity contribution is -0.131.